The maximum Gasteiger partial charge on any atom is 0.257 e. The molecule has 0 saturated carbocycles. The number of pyridine rings is 2. The van der Waals surface area contributed by atoms with Crippen molar-refractivity contribution < 1.29 is 9.59 Å². The van der Waals surface area contributed by atoms with E-state index in [4.69, 9.17) is 0 Å². The fraction of sp³-hybridized carbons (Fsp3) is 0.364. The molecule has 2 amide bonds. The summed E-state index contributed by atoms with van der Waals surface area (Å²) in [6.07, 6.45) is 8.20. The number of carbonyl (C=O) groups is 2. The van der Waals surface area contributed by atoms with Crippen molar-refractivity contribution in [1.29, 1.82) is 0 Å². The predicted molar refractivity (Wildman–Crippen MR) is 112 cm³/mol. The molecule has 0 unspecified atom stereocenters. The molecule has 0 spiro atoms. The van der Waals surface area contributed by atoms with E-state index < -0.39 is 0 Å². The third-order valence-electron chi connectivity index (χ3n) is 5.83. The summed E-state index contributed by atoms with van der Waals surface area (Å²) in [6, 6.07) is 7.72. The van der Waals surface area contributed by atoms with Crippen LogP contribution in [0.1, 0.15) is 40.0 Å². The topological polar surface area (TPSA) is 91.6 Å². The summed E-state index contributed by atoms with van der Waals surface area (Å²) in [5.41, 5.74) is 3.45. The van der Waals surface area contributed by atoms with Crippen LogP contribution in [-0.2, 0) is 0 Å². The summed E-state index contributed by atoms with van der Waals surface area (Å²) in [5.74, 6) is -0.105. The highest BCUT2D eigenvalue weighted by Gasteiger charge is 2.23. The van der Waals surface area contributed by atoms with Crippen LogP contribution in [0.25, 0.3) is 16.8 Å². The zero-order chi connectivity index (χ0) is 20.5. The standard InChI is InChI=1S/C22H24N6O2/c29-21(26-17-12-24-13-17)16-9-15(10-23-11-16)19-5-4-6-20-18(14-25-28(19)20)22(30)27-7-2-1-3-8-27/h4-6,9-11,14,17,24H,1-3,7-8,12-13H2,(H,26,29). The zero-order valence-corrected chi connectivity index (χ0v) is 16.7. The molecule has 3 aromatic heterocycles. The minimum Gasteiger partial charge on any atom is -0.347 e. The first-order valence-corrected chi connectivity index (χ1v) is 10.4. The van der Waals surface area contributed by atoms with Gasteiger partial charge >= 0.3 is 0 Å². The molecular formula is C22H24N6O2. The highest BCUT2D eigenvalue weighted by molar-refractivity contribution is 6.01. The average molecular weight is 404 g/mol. The largest absolute Gasteiger partial charge is 0.347 e. The highest BCUT2D eigenvalue weighted by atomic mass is 16.2. The molecule has 8 nitrogen and oxygen atoms in total. The highest BCUT2D eigenvalue weighted by Crippen LogP contribution is 2.24. The van der Waals surface area contributed by atoms with Gasteiger partial charge in [0.15, 0.2) is 0 Å². The van der Waals surface area contributed by atoms with E-state index in [1.165, 1.54) is 6.42 Å². The van der Waals surface area contributed by atoms with E-state index in [2.05, 4.69) is 20.7 Å². The lowest BCUT2D eigenvalue weighted by Crippen LogP contribution is -2.56. The molecular weight excluding hydrogens is 380 g/mol. The van der Waals surface area contributed by atoms with Crippen molar-refractivity contribution in [3.05, 3.63) is 54.0 Å². The first-order chi connectivity index (χ1) is 14.7. The molecule has 0 radical (unpaired) electrons. The van der Waals surface area contributed by atoms with Crippen LogP contribution in [0.4, 0.5) is 0 Å². The SMILES string of the molecule is O=C(NC1CNC1)c1cncc(-c2cccc3c(C(=O)N4CCCCC4)cnn23)c1. The lowest BCUT2D eigenvalue weighted by molar-refractivity contribution is 0.0726. The summed E-state index contributed by atoms with van der Waals surface area (Å²) in [5, 5.41) is 10.6. The Morgan fingerprint density at radius 3 is 2.67 bits per heavy atom. The van der Waals surface area contributed by atoms with Crippen LogP contribution in [0.2, 0.25) is 0 Å². The molecule has 154 valence electrons. The molecule has 2 aliphatic rings. The van der Waals surface area contributed by atoms with Crippen LogP contribution < -0.4 is 10.6 Å². The number of likely N-dealkylation sites (tertiary alicyclic amines) is 1. The smallest absolute Gasteiger partial charge is 0.257 e. The molecule has 5 rings (SSSR count). The molecule has 2 N–H and O–H groups in total. The van der Waals surface area contributed by atoms with Crippen LogP contribution in [0.5, 0.6) is 0 Å². The first kappa shape index (κ1) is 18.7. The minimum atomic E-state index is -0.135. The quantitative estimate of drug-likeness (QED) is 0.691. The van der Waals surface area contributed by atoms with Crippen molar-refractivity contribution in [2.75, 3.05) is 26.2 Å². The molecule has 3 aromatic rings. The van der Waals surface area contributed by atoms with Crippen molar-refractivity contribution >= 4 is 17.3 Å². The molecule has 0 aliphatic carbocycles. The summed E-state index contributed by atoms with van der Waals surface area (Å²) in [4.78, 5) is 31.7. The predicted octanol–water partition coefficient (Wildman–Crippen LogP) is 1.72. The van der Waals surface area contributed by atoms with Crippen molar-refractivity contribution in [2.45, 2.75) is 25.3 Å². The first-order valence-electron chi connectivity index (χ1n) is 10.4. The van der Waals surface area contributed by atoms with E-state index >= 15 is 0 Å². The van der Waals surface area contributed by atoms with Crippen LogP contribution >= 0.6 is 0 Å². The van der Waals surface area contributed by atoms with Gasteiger partial charge in [-0.15, -0.1) is 0 Å². The number of nitrogens with zero attached hydrogens (tertiary/aromatic N) is 4. The maximum absolute atomic E-state index is 13.0. The Morgan fingerprint density at radius 1 is 1.07 bits per heavy atom. The van der Waals surface area contributed by atoms with E-state index in [0.717, 1.165) is 55.8 Å². The van der Waals surface area contributed by atoms with Gasteiger partial charge < -0.3 is 15.5 Å². The fourth-order valence-corrected chi connectivity index (χ4v) is 4.03. The van der Waals surface area contributed by atoms with Crippen LogP contribution in [0, 0.1) is 0 Å². The normalized spacial score (nSPS) is 17.0. The number of nitrogens with one attached hydrogen (secondary N) is 2. The Hall–Kier alpha value is -3.26. The second-order valence-corrected chi connectivity index (χ2v) is 7.91. The number of rotatable bonds is 4. The Kier molecular flexibility index (Phi) is 4.92. The molecule has 0 aromatic carbocycles. The third-order valence-corrected chi connectivity index (χ3v) is 5.83. The number of amides is 2. The van der Waals surface area contributed by atoms with Crippen molar-refractivity contribution in [3.63, 3.8) is 0 Å². The van der Waals surface area contributed by atoms with Crippen LogP contribution in [0.15, 0.2) is 42.9 Å². The molecule has 2 aliphatic heterocycles. The molecule has 2 saturated heterocycles. The molecule has 5 heterocycles. The summed E-state index contributed by atoms with van der Waals surface area (Å²) in [7, 11) is 0. The van der Waals surface area contributed by atoms with Gasteiger partial charge in [-0.1, -0.05) is 6.07 Å². The Balaban J connectivity index is 1.46. The number of carbonyl (C=O) groups excluding carboxylic acids is 2. The number of hydrogen-bond donors (Lipinski definition) is 2. The molecule has 0 atom stereocenters. The number of fused-ring (bicyclic) bond motifs is 1. The van der Waals surface area contributed by atoms with Gasteiger partial charge in [0.25, 0.3) is 11.8 Å². The second-order valence-electron chi connectivity index (χ2n) is 7.91. The van der Waals surface area contributed by atoms with Crippen LogP contribution in [-0.4, -0.2) is 63.5 Å². The fourth-order valence-electron chi connectivity index (χ4n) is 4.03. The summed E-state index contributed by atoms with van der Waals surface area (Å²) in [6.45, 7) is 3.18. The van der Waals surface area contributed by atoms with Gasteiger partial charge in [-0.2, -0.15) is 5.10 Å². The van der Waals surface area contributed by atoms with Crippen LogP contribution in [0.3, 0.4) is 0 Å². The van der Waals surface area contributed by atoms with Gasteiger partial charge in [0.05, 0.1) is 34.6 Å². The molecule has 2 fully saturated rings. The monoisotopic (exact) mass is 404 g/mol. The van der Waals surface area contributed by atoms with Gasteiger partial charge in [0, 0.05) is 44.1 Å². The number of aromatic nitrogens is 3. The lowest BCUT2D eigenvalue weighted by Gasteiger charge is -2.27. The molecule has 8 heteroatoms. The van der Waals surface area contributed by atoms with E-state index in [-0.39, 0.29) is 17.9 Å². The van der Waals surface area contributed by atoms with Crippen molar-refractivity contribution in [3.8, 4) is 11.3 Å². The number of piperidine rings is 1. The van der Waals surface area contributed by atoms with E-state index in [1.54, 1.807) is 23.1 Å². The van der Waals surface area contributed by atoms with Gasteiger partial charge in [0.1, 0.15) is 0 Å². The van der Waals surface area contributed by atoms with Gasteiger partial charge in [-0.25, -0.2) is 4.52 Å². The minimum absolute atomic E-state index is 0.0298. The average Bonchev–Trinajstić information content (AvgIpc) is 3.20. The lowest BCUT2D eigenvalue weighted by atomic mass is 10.1. The van der Waals surface area contributed by atoms with Gasteiger partial charge in [0.2, 0.25) is 0 Å². The van der Waals surface area contributed by atoms with Crippen molar-refractivity contribution in [2.24, 2.45) is 0 Å². The van der Waals surface area contributed by atoms with E-state index in [9.17, 15) is 9.59 Å². The Morgan fingerprint density at radius 2 is 1.90 bits per heavy atom. The second kappa shape index (κ2) is 7.87. The zero-order valence-electron chi connectivity index (χ0n) is 16.7. The van der Waals surface area contributed by atoms with Gasteiger partial charge in [-0.3, -0.25) is 14.6 Å². The maximum atomic E-state index is 13.0. The molecule has 30 heavy (non-hydrogen) atoms. The number of hydrogen-bond acceptors (Lipinski definition) is 5. The molecule has 0 bridgehead atoms. The summed E-state index contributed by atoms with van der Waals surface area (Å²) >= 11 is 0. The summed E-state index contributed by atoms with van der Waals surface area (Å²) < 4.78 is 1.76. The third kappa shape index (κ3) is 3.43. The van der Waals surface area contributed by atoms with E-state index in [1.807, 2.05) is 29.2 Å². The van der Waals surface area contributed by atoms with E-state index in [0.29, 0.717) is 11.1 Å². The van der Waals surface area contributed by atoms with Crippen molar-refractivity contribution in [1.82, 2.24) is 30.1 Å². The Labute approximate surface area is 174 Å². The Bertz CT molecular complexity index is 1100. The van der Waals surface area contributed by atoms with Gasteiger partial charge in [-0.05, 0) is 37.5 Å².